The molecule has 2 N–H and O–H groups in total. The van der Waals surface area contributed by atoms with Gasteiger partial charge in [0, 0.05) is 31.6 Å². The molecule has 2 bridgehead atoms. The number of phenolic OH excluding ortho intramolecular Hbond substituents is 2. The van der Waals surface area contributed by atoms with Gasteiger partial charge in [0.25, 0.3) is 0 Å². The summed E-state index contributed by atoms with van der Waals surface area (Å²) in [7, 11) is 4.81. The molecule has 4 heteroatoms. The Balaban J connectivity index is 0.00000210. The molecule has 1 unspecified atom stereocenters. The standard InChI is InChI=1S/C23H29NO2.BrH/c1-24(2)19-9-10-20(24)12-16(11-19)13-23(17-5-3-7-21(25)14-17)18-6-4-8-22(26)15-18;/h3-8,14-16,19-20,23H,9-13H2,1-2H3,(H-,25,26);1H/t16?,19-,20+;. The number of nitrogens with zero attached hydrogens (tertiary/aromatic N) is 1. The van der Waals surface area contributed by atoms with E-state index in [4.69, 9.17) is 0 Å². The van der Waals surface area contributed by atoms with Gasteiger partial charge in [0.1, 0.15) is 11.5 Å². The highest BCUT2D eigenvalue weighted by molar-refractivity contribution is 5.39. The SMILES string of the molecule is C[N+]1(C)[C@@H]2CC[C@H]1CC(CC(c1cccc(O)c1)c1cccc(O)c1)C2.[Br-]. The van der Waals surface area contributed by atoms with Crippen molar-refractivity contribution >= 4 is 0 Å². The molecule has 2 fully saturated rings. The molecule has 2 heterocycles. The average molecular weight is 432 g/mol. The Bertz CT molecular complexity index is 730. The van der Waals surface area contributed by atoms with E-state index in [0.29, 0.717) is 17.4 Å². The first-order valence-corrected chi connectivity index (χ1v) is 9.84. The molecule has 0 saturated carbocycles. The summed E-state index contributed by atoms with van der Waals surface area (Å²) in [5.74, 6) is 1.55. The maximum absolute atomic E-state index is 9.98. The number of hydrogen-bond donors (Lipinski definition) is 2. The molecule has 0 radical (unpaired) electrons. The highest BCUT2D eigenvalue weighted by Gasteiger charge is 2.49. The molecule has 2 aromatic rings. The lowest BCUT2D eigenvalue weighted by Gasteiger charge is -2.45. The summed E-state index contributed by atoms with van der Waals surface area (Å²) in [6, 6.07) is 16.8. The summed E-state index contributed by atoms with van der Waals surface area (Å²) in [5, 5.41) is 20.0. The van der Waals surface area contributed by atoms with Gasteiger partial charge in [-0.25, -0.2) is 0 Å². The molecule has 4 rings (SSSR count). The van der Waals surface area contributed by atoms with Crippen LogP contribution in [0.3, 0.4) is 0 Å². The zero-order valence-corrected chi connectivity index (χ0v) is 17.8. The lowest BCUT2D eigenvalue weighted by atomic mass is 9.78. The first kappa shape index (κ1) is 20.2. The molecule has 2 aromatic carbocycles. The molecule has 2 saturated heterocycles. The fraction of sp³-hybridized carbons (Fsp3) is 0.478. The maximum Gasteiger partial charge on any atom is 0.115 e. The van der Waals surface area contributed by atoms with Crippen molar-refractivity contribution in [1.29, 1.82) is 0 Å². The first-order valence-electron chi connectivity index (χ1n) is 9.84. The second-order valence-corrected chi connectivity index (χ2v) is 8.83. The third kappa shape index (κ3) is 4.02. The molecule has 2 aliphatic heterocycles. The normalized spacial score (nSPS) is 26.0. The topological polar surface area (TPSA) is 40.5 Å². The van der Waals surface area contributed by atoms with E-state index >= 15 is 0 Å². The summed E-state index contributed by atoms with van der Waals surface area (Å²) in [6.45, 7) is 0. The van der Waals surface area contributed by atoms with Gasteiger partial charge in [0.05, 0.1) is 26.2 Å². The van der Waals surface area contributed by atoms with E-state index < -0.39 is 0 Å². The minimum atomic E-state index is 0. The zero-order valence-electron chi connectivity index (χ0n) is 16.2. The highest BCUT2D eigenvalue weighted by atomic mass is 79.9. The molecule has 3 nitrogen and oxygen atoms in total. The Kier molecular flexibility index (Phi) is 5.87. The zero-order chi connectivity index (χ0) is 18.3. The smallest absolute Gasteiger partial charge is 0.115 e. The molecular formula is C23H30BrNO2. The molecule has 27 heavy (non-hydrogen) atoms. The Labute approximate surface area is 173 Å². The van der Waals surface area contributed by atoms with Crippen LogP contribution in [-0.4, -0.2) is 40.9 Å². The number of halogens is 1. The number of quaternary nitrogens is 1. The summed E-state index contributed by atoms with van der Waals surface area (Å²) < 4.78 is 1.19. The molecule has 3 atom stereocenters. The predicted octanol–water partition coefficient (Wildman–Crippen LogP) is 1.64. The largest absolute Gasteiger partial charge is 1.00 e. The van der Waals surface area contributed by atoms with Crippen LogP contribution in [0.1, 0.15) is 49.1 Å². The van der Waals surface area contributed by atoms with Crippen LogP contribution < -0.4 is 17.0 Å². The van der Waals surface area contributed by atoms with Gasteiger partial charge in [-0.05, 0) is 47.7 Å². The average Bonchev–Trinajstić information content (AvgIpc) is 2.77. The van der Waals surface area contributed by atoms with Crippen molar-refractivity contribution in [2.24, 2.45) is 5.92 Å². The summed E-state index contributed by atoms with van der Waals surface area (Å²) >= 11 is 0. The van der Waals surface area contributed by atoms with E-state index in [1.54, 1.807) is 12.1 Å². The van der Waals surface area contributed by atoms with Crippen LogP contribution >= 0.6 is 0 Å². The van der Waals surface area contributed by atoms with Gasteiger partial charge < -0.3 is 31.7 Å². The van der Waals surface area contributed by atoms with Crippen molar-refractivity contribution in [2.45, 2.75) is 50.1 Å². The Morgan fingerprint density at radius 2 is 1.37 bits per heavy atom. The fourth-order valence-electron chi connectivity index (χ4n) is 5.47. The van der Waals surface area contributed by atoms with Crippen LogP contribution in [0.4, 0.5) is 0 Å². The highest BCUT2D eigenvalue weighted by Crippen LogP contribution is 2.46. The minimum Gasteiger partial charge on any atom is -1.00 e. The van der Waals surface area contributed by atoms with Crippen LogP contribution in [-0.2, 0) is 0 Å². The van der Waals surface area contributed by atoms with Crippen LogP contribution in [0.5, 0.6) is 11.5 Å². The summed E-state index contributed by atoms with van der Waals surface area (Å²) in [6.07, 6.45) is 6.38. The number of piperidine rings is 1. The third-order valence-electron chi connectivity index (χ3n) is 7.04. The van der Waals surface area contributed by atoms with Gasteiger partial charge in [0.2, 0.25) is 0 Å². The summed E-state index contributed by atoms with van der Waals surface area (Å²) in [4.78, 5) is 0. The number of benzene rings is 2. The number of rotatable bonds is 4. The van der Waals surface area contributed by atoms with Crippen molar-refractivity contribution in [3.05, 3.63) is 59.7 Å². The van der Waals surface area contributed by atoms with Crippen LogP contribution in [0.2, 0.25) is 0 Å². The minimum absolute atomic E-state index is 0. The van der Waals surface area contributed by atoms with Crippen molar-refractivity contribution in [3.63, 3.8) is 0 Å². The van der Waals surface area contributed by atoms with Crippen molar-refractivity contribution in [1.82, 2.24) is 0 Å². The molecule has 146 valence electrons. The van der Waals surface area contributed by atoms with Gasteiger partial charge in [-0.15, -0.1) is 0 Å². The van der Waals surface area contributed by atoms with Gasteiger partial charge in [-0.1, -0.05) is 24.3 Å². The van der Waals surface area contributed by atoms with Crippen molar-refractivity contribution in [3.8, 4) is 11.5 Å². The fourth-order valence-corrected chi connectivity index (χ4v) is 5.47. The lowest BCUT2D eigenvalue weighted by molar-refractivity contribution is -0.931. The van der Waals surface area contributed by atoms with E-state index in [2.05, 4.69) is 26.2 Å². The molecule has 0 aliphatic carbocycles. The van der Waals surface area contributed by atoms with Crippen molar-refractivity contribution in [2.75, 3.05) is 14.1 Å². The predicted molar refractivity (Wildman–Crippen MR) is 104 cm³/mol. The first-order chi connectivity index (χ1) is 12.4. The van der Waals surface area contributed by atoms with Crippen molar-refractivity contribution < 1.29 is 31.7 Å². The van der Waals surface area contributed by atoms with Gasteiger partial charge >= 0.3 is 0 Å². The Morgan fingerprint density at radius 1 is 0.889 bits per heavy atom. The van der Waals surface area contributed by atoms with Gasteiger partial charge in [0.15, 0.2) is 0 Å². The quantitative estimate of drug-likeness (QED) is 0.722. The second-order valence-electron chi connectivity index (χ2n) is 8.83. The molecule has 0 aromatic heterocycles. The van der Waals surface area contributed by atoms with Crippen LogP contribution in [0.25, 0.3) is 0 Å². The number of fused-ring (bicyclic) bond motifs is 2. The van der Waals surface area contributed by atoms with E-state index in [-0.39, 0.29) is 22.9 Å². The van der Waals surface area contributed by atoms with E-state index in [1.807, 2.05) is 24.3 Å². The van der Waals surface area contributed by atoms with E-state index in [0.717, 1.165) is 29.6 Å². The molecule has 0 spiro atoms. The summed E-state index contributed by atoms with van der Waals surface area (Å²) in [5.41, 5.74) is 2.28. The molecule has 2 aliphatic rings. The monoisotopic (exact) mass is 431 g/mol. The second kappa shape index (κ2) is 7.84. The Hall–Kier alpha value is -1.52. The van der Waals surface area contributed by atoms with Gasteiger partial charge in [-0.3, -0.25) is 0 Å². The number of aromatic hydroxyl groups is 2. The van der Waals surface area contributed by atoms with Crippen LogP contribution in [0, 0.1) is 5.92 Å². The van der Waals surface area contributed by atoms with Gasteiger partial charge in [-0.2, -0.15) is 0 Å². The lowest BCUT2D eigenvalue weighted by Crippen LogP contribution is -3.00. The molecular weight excluding hydrogens is 402 g/mol. The number of phenols is 2. The number of hydrogen-bond acceptors (Lipinski definition) is 2. The Morgan fingerprint density at radius 3 is 1.81 bits per heavy atom. The van der Waals surface area contributed by atoms with E-state index in [9.17, 15) is 10.2 Å². The van der Waals surface area contributed by atoms with E-state index in [1.165, 1.54) is 30.2 Å². The molecule has 0 amide bonds. The third-order valence-corrected chi connectivity index (χ3v) is 7.04. The maximum atomic E-state index is 9.98. The van der Waals surface area contributed by atoms with Crippen LogP contribution in [0.15, 0.2) is 48.5 Å².